The molecule has 7 nitrogen and oxygen atoms in total. The Hall–Kier alpha value is -3.06. The van der Waals surface area contributed by atoms with Crippen molar-refractivity contribution in [2.75, 3.05) is 50.2 Å². The van der Waals surface area contributed by atoms with Crippen molar-refractivity contribution in [1.29, 1.82) is 0 Å². The number of para-hydroxylation sites is 1. The zero-order valence-electron chi connectivity index (χ0n) is 17.7. The maximum absolute atomic E-state index is 12.9. The highest BCUT2D eigenvalue weighted by Crippen LogP contribution is 2.28. The Morgan fingerprint density at radius 3 is 2.60 bits per heavy atom. The quantitative estimate of drug-likeness (QED) is 0.700. The smallest absolute Gasteiger partial charge is 0.340 e. The van der Waals surface area contributed by atoms with Gasteiger partial charge in [-0.2, -0.15) is 0 Å². The Kier molecular flexibility index (Phi) is 7.30. The van der Waals surface area contributed by atoms with Crippen molar-refractivity contribution in [3.05, 3.63) is 53.1 Å². The van der Waals surface area contributed by atoms with Crippen LogP contribution >= 0.6 is 0 Å². The molecule has 2 aromatic carbocycles. The number of hydrogen-bond donors (Lipinski definition) is 1. The van der Waals surface area contributed by atoms with Gasteiger partial charge in [0.15, 0.2) is 0 Å². The SMILES string of the molecule is CCCOC(=O)c1cc(NC(=O)c2cccc(C)c2OC)ccc1N1CCOCC1. The van der Waals surface area contributed by atoms with Crippen LogP contribution in [-0.4, -0.2) is 51.9 Å². The minimum Gasteiger partial charge on any atom is -0.496 e. The highest BCUT2D eigenvalue weighted by atomic mass is 16.5. The Balaban J connectivity index is 1.89. The summed E-state index contributed by atoms with van der Waals surface area (Å²) in [5.41, 5.74) is 3.04. The van der Waals surface area contributed by atoms with Crippen LogP contribution in [0.2, 0.25) is 0 Å². The highest BCUT2D eigenvalue weighted by Gasteiger charge is 2.21. The van der Waals surface area contributed by atoms with E-state index in [1.54, 1.807) is 18.2 Å². The summed E-state index contributed by atoms with van der Waals surface area (Å²) >= 11 is 0. The second-order valence-corrected chi connectivity index (χ2v) is 7.08. The molecule has 1 saturated heterocycles. The summed E-state index contributed by atoms with van der Waals surface area (Å²) in [7, 11) is 1.54. The number of nitrogens with zero attached hydrogens (tertiary/aromatic N) is 1. The number of amides is 1. The molecule has 0 unspecified atom stereocenters. The number of nitrogens with one attached hydrogen (secondary N) is 1. The molecule has 1 aliphatic rings. The van der Waals surface area contributed by atoms with Gasteiger partial charge in [-0.25, -0.2) is 4.79 Å². The van der Waals surface area contributed by atoms with Crippen LogP contribution in [-0.2, 0) is 9.47 Å². The Morgan fingerprint density at radius 2 is 1.90 bits per heavy atom. The van der Waals surface area contributed by atoms with E-state index in [-0.39, 0.29) is 5.91 Å². The van der Waals surface area contributed by atoms with Crippen LogP contribution in [0.15, 0.2) is 36.4 Å². The van der Waals surface area contributed by atoms with E-state index in [1.165, 1.54) is 7.11 Å². The summed E-state index contributed by atoms with van der Waals surface area (Å²) in [6.07, 6.45) is 0.738. The minimum absolute atomic E-state index is 0.303. The van der Waals surface area contributed by atoms with Crippen LogP contribution in [0.5, 0.6) is 5.75 Å². The molecule has 0 radical (unpaired) electrons. The summed E-state index contributed by atoms with van der Waals surface area (Å²) in [5, 5.41) is 2.87. The van der Waals surface area contributed by atoms with E-state index in [0.717, 1.165) is 17.7 Å². The maximum atomic E-state index is 12.9. The van der Waals surface area contributed by atoms with Crippen molar-refractivity contribution in [1.82, 2.24) is 0 Å². The van der Waals surface area contributed by atoms with Crippen LogP contribution in [0, 0.1) is 6.92 Å². The fourth-order valence-electron chi connectivity index (χ4n) is 3.43. The normalized spacial score (nSPS) is 13.6. The van der Waals surface area contributed by atoms with E-state index in [0.29, 0.717) is 55.5 Å². The molecular formula is C23H28N2O5. The van der Waals surface area contributed by atoms with E-state index < -0.39 is 5.97 Å². The predicted octanol–water partition coefficient (Wildman–Crippen LogP) is 3.66. The summed E-state index contributed by atoms with van der Waals surface area (Å²) in [6, 6.07) is 10.7. The molecule has 1 amide bonds. The standard InChI is InChI=1S/C23H28N2O5/c1-4-12-30-23(27)19-15-17(8-9-20(19)25-10-13-29-14-11-25)24-22(26)18-7-5-6-16(2)21(18)28-3/h5-9,15H,4,10-14H2,1-3H3,(H,24,26). The molecular weight excluding hydrogens is 384 g/mol. The molecule has 0 spiro atoms. The molecule has 0 saturated carbocycles. The van der Waals surface area contributed by atoms with Crippen LogP contribution in [0.4, 0.5) is 11.4 Å². The molecule has 0 aliphatic carbocycles. The first-order valence-electron chi connectivity index (χ1n) is 10.1. The van der Waals surface area contributed by atoms with E-state index in [2.05, 4.69) is 10.2 Å². The van der Waals surface area contributed by atoms with Crippen LogP contribution < -0.4 is 15.0 Å². The van der Waals surface area contributed by atoms with Crippen LogP contribution in [0.1, 0.15) is 39.6 Å². The molecule has 2 aromatic rings. The molecule has 0 atom stereocenters. The van der Waals surface area contributed by atoms with E-state index in [1.807, 2.05) is 32.0 Å². The highest BCUT2D eigenvalue weighted by molar-refractivity contribution is 6.07. The lowest BCUT2D eigenvalue weighted by Crippen LogP contribution is -2.37. The van der Waals surface area contributed by atoms with Gasteiger partial charge in [0.1, 0.15) is 5.75 Å². The van der Waals surface area contributed by atoms with Gasteiger partial charge >= 0.3 is 5.97 Å². The summed E-state index contributed by atoms with van der Waals surface area (Å²) < 4.78 is 16.2. The van der Waals surface area contributed by atoms with Gasteiger partial charge in [-0.1, -0.05) is 19.1 Å². The van der Waals surface area contributed by atoms with Gasteiger partial charge in [0, 0.05) is 18.8 Å². The fraction of sp³-hybridized carbons (Fsp3) is 0.391. The zero-order chi connectivity index (χ0) is 21.5. The number of rotatable bonds is 7. The molecule has 1 aliphatic heterocycles. The number of carbonyl (C=O) groups excluding carboxylic acids is 2. The summed E-state index contributed by atoms with van der Waals surface area (Å²) in [6.45, 7) is 6.78. The number of esters is 1. The van der Waals surface area contributed by atoms with Gasteiger partial charge in [0.25, 0.3) is 5.91 Å². The maximum Gasteiger partial charge on any atom is 0.340 e. The number of benzene rings is 2. The Bertz CT molecular complexity index is 906. The molecule has 160 valence electrons. The topological polar surface area (TPSA) is 77.1 Å². The molecule has 1 N–H and O–H groups in total. The first-order chi connectivity index (χ1) is 14.5. The fourth-order valence-corrected chi connectivity index (χ4v) is 3.43. The third-order valence-electron chi connectivity index (χ3n) is 4.92. The van der Waals surface area contributed by atoms with Crippen LogP contribution in [0.25, 0.3) is 0 Å². The van der Waals surface area contributed by atoms with Crippen molar-refractivity contribution in [3.63, 3.8) is 0 Å². The number of hydrogen-bond acceptors (Lipinski definition) is 6. The van der Waals surface area contributed by atoms with Gasteiger partial charge in [0.05, 0.1) is 43.7 Å². The van der Waals surface area contributed by atoms with Gasteiger partial charge in [-0.3, -0.25) is 4.79 Å². The van der Waals surface area contributed by atoms with Gasteiger partial charge in [-0.15, -0.1) is 0 Å². The summed E-state index contributed by atoms with van der Waals surface area (Å²) in [4.78, 5) is 27.7. The molecule has 1 heterocycles. The predicted molar refractivity (Wildman–Crippen MR) is 116 cm³/mol. The lowest BCUT2D eigenvalue weighted by Gasteiger charge is -2.30. The molecule has 3 rings (SSSR count). The van der Waals surface area contributed by atoms with E-state index in [9.17, 15) is 9.59 Å². The Morgan fingerprint density at radius 1 is 1.13 bits per heavy atom. The molecule has 7 heteroatoms. The second-order valence-electron chi connectivity index (χ2n) is 7.08. The van der Waals surface area contributed by atoms with Gasteiger partial charge in [0.2, 0.25) is 0 Å². The lowest BCUT2D eigenvalue weighted by molar-refractivity contribution is 0.0504. The first kappa shape index (κ1) is 21.6. The van der Waals surface area contributed by atoms with E-state index in [4.69, 9.17) is 14.2 Å². The van der Waals surface area contributed by atoms with Crippen molar-refractivity contribution in [3.8, 4) is 5.75 Å². The third kappa shape index (κ3) is 4.91. The monoisotopic (exact) mass is 412 g/mol. The zero-order valence-corrected chi connectivity index (χ0v) is 17.7. The van der Waals surface area contributed by atoms with Crippen molar-refractivity contribution < 1.29 is 23.8 Å². The van der Waals surface area contributed by atoms with Gasteiger partial charge in [-0.05, 0) is 43.2 Å². The van der Waals surface area contributed by atoms with Gasteiger partial charge < -0.3 is 24.4 Å². The largest absolute Gasteiger partial charge is 0.496 e. The van der Waals surface area contributed by atoms with E-state index >= 15 is 0 Å². The second kappa shape index (κ2) is 10.1. The summed E-state index contributed by atoms with van der Waals surface area (Å²) in [5.74, 6) is -0.173. The van der Waals surface area contributed by atoms with Crippen molar-refractivity contribution in [2.24, 2.45) is 0 Å². The lowest BCUT2D eigenvalue weighted by atomic mass is 10.1. The van der Waals surface area contributed by atoms with Crippen molar-refractivity contribution >= 4 is 23.3 Å². The Labute approximate surface area is 176 Å². The molecule has 1 fully saturated rings. The number of methoxy groups -OCH3 is 1. The molecule has 0 bridgehead atoms. The number of aryl methyl sites for hydroxylation is 1. The van der Waals surface area contributed by atoms with Crippen molar-refractivity contribution in [2.45, 2.75) is 20.3 Å². The number of anilines is 2. The average molecular weight is 412 g/mol. The number of morpholine rings is 1. The molecule has 30 heavy (non-hydrogen) atoms. The average Bonchev–Trinajstić information content (AvgIpc) is 2.77. The number of carbonyl (C=O) groups is 2. The minimum atomic E-state index is -0.400. The number of ether oxygens (including phenoxy) is 3. The third-order valence-corrected chi connectivity index (χ3v) is 4.92. The first-order valence-corrected chi connectivity index (χ1v) is 10.1. The van der Waals surface area contributed by atoms with Crippen LogP contribution in [0.3, 0.4) is 0 Å². The molecule has 0 aromatic heterocycles.